The van der Waals surface area contributed by atoms with Crippen molar-refractivity contribution in [2.24, 2.45) is 0 Å². The van der Waals surface area contributed by atoms with Gasteiger partial charge in [0.15, 0.2) is 11.5 Å². The Morgan fingerprint density at radius 3 is 2.10 bits per heavy atom. The zero-order valence-electron chi connectivity index (χ0n) is 24.9. The second-order valence-electron chi connectivity index (χ2n) is 10.9. The van der Waals surface area contributed by atoms with Gasteiger partial charge in [-0.1, -0.05) is 69.9 Å². The summed E-state index contributed by atoms with van der Waals surface area (Å²) in [5.41, 5.74) is 7.64. The number of ether oxygens (including phenoxy) is 3. The van der Waals surface area contributed by atoms with Crippen LogP contribution >= 0.6 is 0 Å². The van der Waals surface area contributed by atoms with Crippen molar-refractivity contribution in [3.8, 4) is 34.4 Å². The molecule has 1 aromatic heterocycles. The summed E-state index contributed by atoms with van der Waals surface area (Å²) in [5, 5.41) is 10.8. The number of aromatic nitrogens is 1. The van der Waals surface area contributed by atoms with Gasteiger partial charge in [-0.15, -0.1) is 0 Å². The zero-order chi connectivity index (χ0) is 28.5. The number of hydrogen-bond donors (Lipinski definition) is 0. The Hall–Kier alpha value is -3.52. The Labute approximate surface area is 240 Å². The van der Waals surface area contributed by atoms with E-state index in [2.05, 4.69) is 50.2 Å². The molecule has 1 aliphatic rings. The normalized spacial score (nSPS) is 15.9. The van der Waals surface area contributed by atoms with E-state index in [9.17, 15) is 5.26 Å². The van der Waals surface area contributed by atoms with E-state index >= 15 is 0 Å². The molecular weight excluding hydrogens is 496 g/mol. The molecule has 3 aromatic rings. The van der Waals surface area contributed by atoms with Gasteiger partial charge in [-0.05, 0) is 84.9 Å². The van der Waals surface area contributed by atoms with Gasteiger partial charge in [0.2, 0.25) is 5.75 Å². The molecule has 212 valence electrons. The fraction of sp³-hybridized carbons (Fsp3) is 0.486. The Balaban J connectivity index is 1.89. The van der Waals surface area contributed by atoms with Crippen LogP contribution in [0, 0.1) is 11.3 Å². The number of methoxy groups -OCH3 is 3. The molecule has 1 heterocycles. The molecule has 40 heavy (non-hydrogen) atoms. The average molecular weight is 541 g/mol. The standard InChI is InChI=1S/C35H44N2O3/c1-6-8-11-17-27-29(18-12-9-7-2)37-34-28(32(27)26-15-13-10-14-16-26)19-20-35(34,24-36)23-25-21-30(38-3)33(40-5)31(22-25)39-4/h10,13-16,21-22H,6-9,11-12,17-20,23H2,1-5H3/t35-/m0/s1. The number of nitriles is 1. The van der Waals surface area contributed by atoms with Gasteiger partial charge >= 0.3 is 0 Å². The van der Waals surface area contributed by atoms with Crippen LogP contribution in [0.15, 0.2) is 42.5 Å². The minimum Gasteiger partial charge on any atom is -0.493 e. The minimum absolute atomic E-state index is 0.540. The molecule has 0 fully saturated rings. The van der Waals surface area contributed by atoms with Crippen LogP contribution in [0.3, 0.4) is 0 Å². The van der Waals surface area contributed by atoms with Gasteiger partial charge in [-0.2, -0.15) is 5.26 Å². The van der Waals surface area contributed by atoms with Crippen LogP contribution in [0.5, 0.6) is 17.2 Å². The van der Waals surface area contributed by atoms with E-state index in [0.29, 0.717) is 23.7 Å². The van der Waals surface area contributed by atoms with E-state index < -0.39 is 5.41 Å². The highest BCUT2D eigenvalue weighted by Crippen LogP contribution is 2.47. The first-order valence-corrected chi connectivity index (χ1v) is 14.9. The number of rotatable bonds is 14. The van der Waals surface area contributed by atoms with E-state index in [-0.39, 0.29) is 0 Å². The summed E-state index contributed by atoms with van der Waals surface area (Å²) in [7, 11) is 4.86. The number of unbranched alkanes of at least 4 members (excludes halogenated alkanes) is 4. The lowest BCUT2D eigenvalue weighted by atomic mass is 9.79. The van der Waals surface area contributed by atoms with Crippen LogP contribution in [0.1, 0.15) is 86.9 Å². The Morgan fingerprint density at radius 2 is 1.52 bits per heavy atom. The van der Waals surface area contributed by atoms with Crippen LogP contribution in [0.25, 0.3) is 11.1 Å². The summed E-state index contributed by atoms with van der Waals surface area (Å²) >= 11 is 0. The fourth-order valence-corrected chi connectivity index (χ4v) is 6.24. The third-order valence-corrected chi connectivity index (χ3v) is 8.29. The quantitative estimate of drug-likeness (QED) is 0.193. The molecule has 0 aliphatic heterocycles. The molecule has 0 N–H and O–H groups in total. The average Bonchev–Trinajstić information content (AvgIpc) is 3.34. The van der Waals surface area contributed by atoms with Crippen molar-refractivity contribution in [3.63, 3.8) is 0 Å². The van der Waals surface area contributed by atoms with Gasteiger partial charge in [0.1, 0.15) is 5.41 Å². The third kappa shape index (κ3) is 5.97. The predicted molar refractivity (Wildman–Crippen MR) is 162 cm³/mol. The van der Waals surface area contributed by atoms with E-state index in [1.54, 1.807) is 21.3 Å². The van der Waals surface area contributed by atoms with E-state index in [0.717, 1.165) is 49.8 Å². The zero-order valence-corrected chi connectivity index (χ0v) is 24.9. The molecule has 5 nitrogen and oxygen atoms in total. The van der Waals surface area contributed by atoms with Gasteiger partial charge in [-0.25, -0.2) is 0 Å². The molecule has 0 amide bonds. The summed E-state index contributed by atoms with van der Waals surface area (Å²) in [6.45, 7) is 4.50. The van der Waals surface area contributed by atoms with Gasteiger partial charge in [0, 0.05) is 5.69 Å². The number of benzene rings is 2. The highest BCUT2D eigenvalue weighted by Gasteiger charge is 2.43. The topological polar surface area (TPSA) is 64.4 Å². The summed E-state index contributed by atoms with van der Waals surface area (Å²) < 4.78 is 16.8. The van der Waals surface area contributed by atoms with Crippen molar-refractivity contribution in [2.45, 2.75) is 89.9 Å². The Bertz CT molecular complexity index is 1300. The molecule has 4 rings (SSSR count). The van der Waals surface area contributed by atoms with Crippen molar-refractivity contribution >= 4 is 0 Å². The van der Waals surface area contributed by atoms with Gasteiger partial charge in [-0.3, -0.25) is 4.98 Å². The predicted octanol–water partition coefficient (Wildman–Crippen LogP) is 8.19. The summed E-state index contributed by atoms with van der Waals surface area (Å²) in [4.78, 5) is 5.42. The lowest BCUT2D eigenvalue weighted by molar-refractivity contribution is 0.323. The lowest BCUT2D eigenvalue weighted by Crippen LogP contribution is -2.26. The van der Waals surface area contributed by atoms with Gasteiger partial charge in [0.25, 0.3) is 0 Å². The second-order valence-corrected chi connectivity index (χ2v) is 10.9. The maximum absolute atomic E-state index is 10.8. The van der Waals surface area contributed by atoms with Crippen LogP contribution in [0.2, 0.25) is 0 Å². The van der Waals surface area contributed by atoms with Crippen LogP contribution in [-0.2, 0) is 31.1 Å². The number of aryl methyl sites for hydroxylation is 1. The van der Waals surface area contributed by atoms with Gasteiger partial charge < -0.3 is 14.2 Å². The first kappa shape index (κ1) is 29.5. The molecule has 0 saturated heterocycles. The number of hydrogen-bond acceptors (Lipinski definition) is 5. The number of pyridine rings is 1. The van der Waals surface area contributed by atoms with E-state index in [1.165, 1.54) is 53.6 Å². The molecule has 0 unspecified atom stereocenters. The van der Waals surface area contributed by atoms with Crippen molar-refractivity contribution in [3.05, 3.63) is 70.5 Å². The maximum Gasteiger partial charge on any atom is 0.203 e. The molecule has 1 atom stereocenters. The van der Waals surface area contributed by atoms with Crippen LogP contribution in [0.4, 0.5) is 0 Å². The second kappa shape index (κ2) is 13.7. The SMILES string of the molecule is CCCCCc1nc2c(c(-c3ccccc3)c1CCCCC)CC[C@@]2(C#N)Cc1cc(OC)c(OC)c(OC)c1. The van der Waals surface area contributed by atoms with E-state index in [1.807, 2.05) is 12.1 Å². The Morgan fingerprint density at radius 1 is 0.875 bits per heavy atom. The molecule has 2 aromatic carbocycles. The molecule has 0 radical (unpaired) electrons. The smallest absolute Gasteiger partial charge is 0.203 e. The molecule has 0 spiro atoms. The van der Waals surface area contributed by atoms with Crippen molar-refractivity contribution in [1.29, 1.82) is 5.26 Å². The molecule has 1 aliphatic carbocycles. The maximum atomic E-state index is 10.8. The molecule has 0 saturated carbocycles. The fourth-order valence-electron chi connectivity index (χ4n) is 6.24. The van der Waals surface area contributed by atoms with Crippen LogP contribution < -0.4 is 14.2 Å². The summed E-state index contributed by atoms with van der Waals surface area (Å²) in [5.74, 6) is 1.77. The van der Waals surface area contributed by atoms with Gasteiger partial charge in [0.05, 0.1) is 33.1 Å². The van der Waals surface area contributed by atoms with Crippen molar-refractivity contribution in [1.82, 2.24) is 4.98 Å². The highest BCUT2D eigenvalue weighted by molar-refractivity contribution is 5.75. The monoisotopic (exact) mass is 540 g/mol. The molecule has 5 heteroatoms. The van der Waals surface area contributed by atoms with E-state index in [4.69, 9.17) is 19.2 Å². The first-order valence-electron chi connectivity index (χ1n) is 14.9. The lowest BCUT2D eigenvalue weighted by Gasteiger charge is -2.25. The third-order valence-electron chi connectivity index (χ3n) is 8.29. The first-order chi connectivity index (χ1) is 19.5. The summed E-state index contributed by atoms with van der Waals surface area (Å²) in [6, 6.07) is 17.5. The molecule has 0 bridgehead atoms. The van der Waals surface area contributed by atoms with Crippen molar-refractivity contribution < 1.29 is 14.2 Å². The van der Waals surface area contributed by atoms with Crippen molar-refractivity contribution in [2.75, 3.05) is 21.3 Å². The highest BCUT2D eigenvalue weighted by atomic mass is 16.5. The number of fused-ring (bicyclic) bond motifs is 1. The summed E-state index contributed by atoms with van der Waals surface area (Å²) in [6.07, 6.45) is 11.2. The Kier molecular flexibility index (Phi) is 10.1. The molecular formula is C35H44N2O3. The minimum atomic E-state index is -0.717. The van der Waals surface area contributed by atoms with Crippen LogP contribution in [-0.4, -0.2) is 26.3 Å². The largest absolute Gasteiger partial charge is 0.493 e. The number of nitrogens with zero attached hydrogens (tertiary/aromatic N) is 2.